The first-order valence-electron chi connectivity index (χ1n) is 7.86. The Labute approximate surface area is 170 Å². The molecule has 1 fully saturated rings. The number of carbonyl (C=O) groups excluding carboxylic acids is 1. The molecule has 0 bridgehead atoms. The molecule has 1 saturated carbocycles. The summed E-state index contributed by atoms with van der Waals surface area (Å²) >= 11 is 0.885. The van der Waals surface area contributed by atoms with Crippen LogP contribution in [0.3, 0.4) is 0 Å². The lowest BCUT2D eigenvalue weighted by Gasteiger charge is -2.50. The first kappa shape index (κ1) is 26.2. The molecule has 0 radical (unpaired) electrons. The first-order valence-corrected chi connectivity index (χ1v) is 8.93. The summed E-state index contributed by atoms with van der Waals surface area (Å²) in [4.78, 5) is 11.0. The zero-order valence-electron chi connectivity index (χ0n) is 14.1. The number of carbonyl (C=O) groups is 1. The van der Waals surface area contributed by atoms with Crippen molar-refractivity contribution >= 4 is 28.6 Å². The Bertz CT molecular complexity index is 645. The number of hydrogen-bond donors (Lipinski definition) is 0. The molecule has 0 aromatic heterocycles. The Morgan fingerprint density at radius 3 is 2.00 bits per heavy atom. The second kappa shape index (κ2) is 8.02. The summed E-state index contributed by atoms with van der Waals surface area (Å²) in [7, 11) is 0. The van der Waals surface area contributed by atoms with Gasteiger partial charge < -0.3 is 9.90 Å². The van der Waals surface area contributed by atoms with Crippen molar-refractivity contribution in [1.29, 1.82) is 0 Å². The van der Waals surface area contributed by atoms with E-state index in [4.69, 9.17) is 0 Å². The van der Waals surface area contributed by atoms with Gasteiger partial charge in [-0.2, -0.15) is 48.3 Å². The van der Waals surface area contributed by atoms with Gasteiger partial charge in [-0.1, -0.05) is 34.7 Å². The van der Waals surface area contributed by atoms with Gasteiger partial charge in [-0.15, -0.1) is 0 Å². The summed E-state index contributed by atoms with van der Waals surface area (Å²) in [6, 6.07) is 0. The number of unbranched alkanes of at least 4 members (excludes halogenated alkanes) is 1. The van der Waals surface area contributed by atoms with Crippen LogP contribution in [-0.2, 0) is 4.79 Å². The second-order valence-corrected chi connectivity index (χ2v) is 8.78. The molecule has 0 spiro atoms. The zero-order valence-corrected chi connectivity index (χ0v) is 16.3. The Kier molecular flexibility index (Phi) is 7.25. The third kappa shape index (κ3) is 4.92. The largest absolute Gasteiger partial charge is 0.550 e. The topological polar surface area (TPSA) is 40.1 Å². The maximum Gasteiger partial charge on any atom is 0.453 e. The van der Waals surface area contributed by atoms with E-state index in [1.54, 1.807) is 0 Å². The first-order chi connectivity index (χ1) is 12.7. The summed E-state index contributed by atoms with van der Waals surface area (Å²) < 4.78 is 141. The molecular weight excluding hydrogens is 548 g/mol. The minimum Gasteiger partial charge on any atom is -0.550 e. The highest BCUT2D eigenvalue weighted by Crippen LogP contribution is 2.62. The molecule has 2 atom stereocenters. The standard InChI is InChI=1S/C15H14F11IO2/c16-11(17,15(24,25)26)6-4-2-1-3-5-10(27)7-12(18,19)14(22,23)13(20,21)8(10)9(28)29/h1,3,8H,2,4-7H2,(H,28,29)/p-1. The predicted molar refractivity (Wildman–Crippen MR) is 83.3 cm³/mol. The molecule has 2 unspecified atom stereocenters. The number of carboxylic acids is 1. The molecule has 0 saturated heterocycles. The van der Waals surface area contributed by atoms with E-state index in [1.165, 1.54) is 0 Å². The third-order valence-electron chi connectivity index (χ3n) is 4.41. The highest BCUT2D eigenvalue weighted by atomic mass is 127. The van der Waals surface area contributed by atoms with Crippen LogP contribution < -0.4 is 5.11 Å². The molecule has 1 aliphatic carbocycles. The van der Waals surface area contributed by atoms with Gasteiger partial charge >= 0.3 is 29.9 Å². The molecule has 0 aromatic carbocycles. The Balaban J connectivity index is 2.91. The molecule has 1 aliphatic rings. The van der Waals surface area contributed by atoms with Crippen LogP contribution in [0, 0.1) is 5.92 Å². The number of halogens is 12. The van der Waals surface area contributed by atoms with Crippen LogP contribution in [-0.4, -0.2) is 39.3 Å². The van der Waals surface area contributed by atoms with Gasteiger partial charge in [0.1, 0.15) is 0 Å². The molecule has 0 amide bonds. The fourth-order valence-corrected chi connectivity index (χ4v) is 4.24. The van der Waals surface area contributed by atoms with Gasteiger partial charge in [0.2, 0.25) is 0 Å². The summed E-state index contributed by atoms with van der Waals surface area (Å²) in [5.74, 6) is -27.8. The Morgan fingerprint density at radius 1 is 1.03 bits per heavy atom. The average Bonchev–Trinajstić information content (AvgIpc) is 2.46. The van der Waals surface area contributed by atoms with Crippen LogP contribution in [0.4, 0.5) is 48.3 Å². The maximum atomic E-state index is 13.9. The van der Waals surface area contributed by atoms with Crippen LogP contribution in [0.2, 0.25) is 0 Å². The van der Waals surface area contributed by atoms with Crippen molar-refractivity contribution in [2.45, 2.75) is 65.4 Å². The van der Waals surface area contributed by atoms with Gasteiger partial charge in [-0.25, -0.2) is 0 Å². The van der Waals surface area contributed by atoms with Crippen molar-refractivity contribution < 1.29 is 58.2 Å². The fourth-order valence-electron chi connectivity index (χ4n) is 2.86. The zero-order chi connectivity index (χ0) is 23.1. The molecule has 29 heavy (non-hydrogen) atoms. The molecule has 1 rings (SSSR count). The molecule has 0 N–H and O–H groups in total. The minimum absolute atomic E-state index is 0.447. The molecular formula is C15H13F11IO2-. The van der Waals surface area contributed by atoms with Gasteiger partial charge in [0.15, 0.2) is 0 Å². The third-order valence-corrected chi connectivity index (χ3v) is 5.85. The Hall–Kier alpha value is -0.830. The smallest absolute Gasteiger partial charge is 0.453 e. The quantitative estimate of drug-likeness (QED) is 0.142. The summed E-state index contributed by atoms with van der Waals surface area (Å²) in [6.07, 6.45) is -9.70. The predicted octanol–water partition coefficient (Wildman–Crippen LogP) is 5.15. The summed E-state index contributed by atoms with van der Waals surface area (Å²) in [6.45, 7) is 0. The van der Waals surface area contributed by atoms with Crippen molar-refractivity contribution in [1.82, 2.24) is 0 Å². The van der Waals surface area contributed by atoms with E-state index in [1.807, 2.05) is 0 Å². The Morgan fingerprint density at radius 2 is 1.55 bits per heavy atom. The van der Waals surface area contributed by atoms with E-state index in [2.05, 4.69) is 0 Å². The molecule has 0 aromatic rings. The lowest BCUT2D eigenvalue weighted by atomic mass is 9.71. The number of carboxylic acid groups (broad SMARTS) is 1. The van der Waals surface area contributed by atoms with Crippen molar-refractivity contribution in [3.63, 3.8) is 0 Å². The lowest BCUT2D eigenvalue weighted by Crippen LogP contribution is -2.71. The number of aliphatic carboxylic acids is 1. The number of alkyl halides is 12. The number of rotatable bonds is 7. The second-order valence-electron chi connectivity index (χ2n) is 6.64. The molecule has 170 valence electrons. The van der Waals surface area contributed by atoms with Gasteiger partial charge in [-0.05, 0) is 19.3 Å². The van der Waals surface area contributed by atoms with Gasteiger partial charge in [0, 0.05) is 16.3 Å². The van der Waals surface area contributed by atoms with Crippen LogP contribution in [0.1, 0.15) is 32.1 Å². The molecule has 0 heterocycles. The van der Waals surface area contributed by atoms with E-state index >= 15 is 0 Å². The van der Waals surface area contributed by atoms with Crippen LogP contribution in [0.5, 0.6) is 0 Å². The summed E-state index contributed by atoms with van der Waals surface area (Å²) in [5, 5.41) is 11.0. The molecule has 14 heteroatoms. The normalized spacial score (nSPS) is 29.2. The average molecular weight is 561 g/mol. The number of allylic oxidation sites excluding steroid dienone is 2. The van der Waals surface area contributed by atoms with Crippen LogP contribution in [0.25, 0.3) is 0 Å². The summed E-state index contributed by atoms with van der Waals surface area (Å²) in [5.41, 5.74) is 0. The van der Waals surface area contributed by atoms with Crippen molar-refractivity contribution in [2.24, 2.45) is 5.92 Å². The highest BCUT2D eigenvalue weighted by molar-refractivity contribution is 14.1. The molecule has 2 nitrogen and oxygen atoms in total. The van der Waals surface area contributed by atoms with Crippen molar-refractivity contribution in [3.05, 3.63) is 12.2 Å². The van der Waals surface area contributed by atoms with Gasteiger partial charge in [0.25, 0.3) is 0 Å². The van der Waals surface area contributed by atoms with Crippen LogP contribution >= 0.6 is 22.6 Å². The van der Waals surface area contributed by atoms with E-state index in [0.29, 0.717) is 0 Å². The number of hydrogen-bond acceptors (Lipinski definition) is 2. The van der Waals surface area contributed by atoms with Crippen molar-refractivity contribution in [3.8, 4) is 0 Å². The van der Waals surface area contributed by atoms with E-state index in [-0.39, 0.29) is 0 Å². The maximum absolute atomic E-state index is 13.9. The fraction of sp³-hybridized carbons (Fsp3) is 0.800. The molecule has 0 aliphatic heterocycles. The van der Waals surface area contributed by atoms with Crippen molar-refractivity contribution in [2.75, 3.05) is 0 Å². The van der Waals surface area contributed by atoms with E-state index in [0.717, 1.165) is 34.7 Å². The van der Waals surface area contributed by atoms with Gasteiger partial charge in [0.05, 0.1) is 11.9 Å². The van der Waals surface area contributed by atoms with E-state index in [9.17, 15) is 58.2 Å². The SMILES string of the molecule is O=C([O-])C1C(I)(CC=CCCCC(F)(F)C(F)(F)F)CC(F)(F)C(F)(F)C1(F)F. The van der Waals surface area contributed by atoms with E-state index < -0.39 is 77.3 Å². The van der Waals surface area contributed by atoms with Crippen LogP contribution in [0.15, 0.2) is 12.2 Å². The lowest BCUT2D eigenvalue weighted by molar-refractivity contribution is -0.371. The highest BCUT2D eigenvalue weighted by Gasteiger charge is 2.81. The van der Waals surface area contributed by atoms with Gasteiger partial charge in [-0.3, -0.25) is 0 Å². The minimum atomic E-state index is -5.95. The monoisotopic (exact) mass is 561 g/mol.